The van der Waals surface area contributed by atoms with Gasteiger partial charge in [-0.05, 0) is 20.4 Å². The fraction of sp³-hybridized carbons (Fsp3) is 0.889. The summed E-state index contributed by atoms with van der Waals surface area (Å²) < 4.78 is 0. The maximum atomic E-state index is 11.4. The van der Waals surface area contributed by atoms with Gasteiger partial charge in [0.25, 0.3) is 0 Å². The molecule has 1 rings (SSSR count). The van der Waals surface area contributed by atoms with E-state index in [-0.39, 0.29) is 12.1 Å². The lowest BCUT2D eigenvalue weighted by atomic mass is 10.2. The van der Waals surface area contributed by atoms with Crippen LogP contribution in [-0.4, -0.2) is 43.2 Å². The monoisotopic (exact) mass is 185 g/mol. The molecule has 1 fully saturated rings. The third kappa shape index (κ3) is 2.34. The molecule has 0 bridgehead atoms. The minimum absolute atomic E-state index is 0.0783. The number of nitrogens with one attached hydrogen (secondary N) is 2. The fourth-order valence-electron chi connectivity index (χ4n) is 1.59. The molecule has 2 unspecified atom stereocenters. The molecule has 76 valence electrons. The largest absolute Gasteiger partial charge is 0.332 e. The SMILES string of the molecule is CCC(C)N1CC(CNC)NC1=O. The van der Waals surface area contributed by atoms with Gasteiger partial charge in [-0.3, -0.25) is 0 Å². The van der Waals surface area contributed by atoms with Gasteiger partial charge in [0, 0.05) is 19.1 Å². The van der Waals surface area contributed by atoms with Crippen LogP contribution in [0.1, 0.15) is 20.3 Å². The molecule has 13 heavy (non-hydrogen) atoms. The molecule has 0 radical (unpaired) electrons. The van der Waals surface area contributed by atoms with Crippen molar-refractivity contribution in [3.8, 4) is 0 Å². The van der Waals surface area contributed by atoms with Gasteiger partial charge in [-0.15, -0.1) is 0 Å². The molecule has 1 saturated heterocycles. The highest BCUT2D eigenvalue weighted by molar-refractivity contribution is 5.77. The van der Waals surface area contributed by atoms with E-state index < -0.39 is 0 Å². The summed E-state index contributed by atoms with van der Waals surface area (Å²) in [5, 5.41) is 6.01. The number of hydrogen-bond donors (Lipinski definition) is 2. The molecule has 4 nitrogen and oxygen atoms in total. The summed E-state index contributed by atoms with van der Waals surface area (Å²) in [6.07, 6.45) is 1.01. The Bertz CT molecular complexity index is 184. The number of rotatable bonds is 4. The van der Waals surface area contributed by atoms with Crippen molar-refractivity contribution in [2.75, 3.05) is 20.1 Å². The van der Waals surface area contributed by atoms with Crippen molar-refractivity contribution in [3.63, 3.8) is 0 Å². The molecular weight excluding hydrogens is 166 g/mol. The fourth-order valence-corrected chi connectivity index (χ4v) is 1.59. The third-order valence-corrected chi connectivity index (χ3v) is 2.58. The van der Waals surface area contributed by atoms with Crippen LogP contribution in [0.5, 0.6) is 0 Å². The van der Waals surface area contributed by atoms with Crippen molar-refractivity contribution >= 4 is 6.03 Å². The minimum atomic E-state index is 0.0783. The molecule has 1 heterocycles. The highest BCUT2D eigenvalue weighted by atomic mass is 16.2. The Labute approximate surface area is 79.7 Å². The molecule has 0 aromatic carbocycles. The second-order valence-corrected chi connectivity index (χ2v) is 3.61. The van der Waals surface area contributed by atoms with E-state index in [1.165, 1.54) is 0 Å². The molecule has 1 aliphatic rings. The van der Waals surface area contributed by atoms with E-state index in [4.69, 9.17) is 0 Å². The third-order valence-electron chi connectivity index (χ3n) is 2.58. The van der Waals surface area contributed by atoms with Gasteiger partial charge >= 0.3 is 6.03 Å². The van der Waals surface area contributed by atoms with E-state index in [0.29, 0.717) is 6.04 Å². The summed E-state index contributed by atoms with van der Waals surface area (Å²) in [7, 11) is 1.90. The molecule has 0 spiro atoms. The molecule has 0 aliphatic carbocycles. The molecule has 2 amide bonds. The molecule has 0 saturated carbocycles. The summed E-state index contributed by atoms with van der Waals surface area (Å²) >= 11 is 0. The first kappa shape index (κ1) is 10.3. The van der Waals surface area contributed by atoms with Crippen LogP contribution in [0.15, 0.2) is 0 Å². The maximum Gasteiger partial charge on any atom is 0.318 e. The number of nitrogens with zero attached hydrogens (tertiary/aromatic N) is 1. The standard InChI is InChI=1S/C9H19N3O/c1-4-7(2)12-6-8(5-10-3)11-9(12)13/h7-8,10H,4-6H2,1-3H3,(H,11,13). The first-order valence-corrected chi connectivity index (χ1v) is 4.90. The van der Waals surface area contributed by atoms with E-state index in [1.807, 2.05) is 11.9 Å². The van der Waals surface area contributed by atoms with Gasteiger partial charge < -0.3 is 15.5 Å². The average molecular weight is 185 g/mol. The Kier molecular flexibility index (Phi) is 3.54. The van der Waals surface area contributed by atoms with E-state index >= 15 is 0 Å². The predicted octanol–water partition coefficient (Wildman–Crippen LogP) is 0.398. The lowest BCUT2D eigenvalue weighted by Gasteiger charge is -2.21. The zero-order valence-electron chi connectivity index (χ0n) is 8.63. The van der Waals surface area contributed by atoms with Crippen molar-refractivity contribution in [1.29, 1.82) is 0 Å². The number of likely N-dealkylation sites (N-methyl/N-ethyl adjacent to an activating group) is 1. The molecule has 0 aromatic rings. The van der Waals surface area contributed by atoms with Crippen LogP contribution in [0.4, 0.5) is 4.79 Å². The topological polar surface area (TPSA) is 44.4 Å². The van der Waals surface area contributed by atoms with Gasteiger partial charge in [-0.1, -0.05) is 6.92 Å². The molecule has 2 atom stereocenters. The van der Waals surface area contributed by atoms with Gasteiger partial charge in [0.15, 0.2) is 0 Å². The Balaban J connectivity index is 2.46. The van der Waals surface area contributed by atoms with E-state index in [9.17, 15) is 4.79 Å². The summed E-state index contributed by atoms with van der Waals surface area (Å²) in [5.41, 5.74) is 0. The minimum Gasteiger partial charge on any atom is -0.332 e. The van der Waals surface area contributed by atoms with Gasteiger partial charge in [0.2, 0.25) is 0 Å². The second-order valence-electron chi connectivity index (χ2n) is 3.61. The lowest BCUT2D eigenvalue weighted by Crippen LogP contribution is -2.35. The molecule has 0 aromatic heterocycles. The van der Waals surface area contributed by atoms with Crippen LogP contribution in [0, 0.1) is 0 Å². The Morgan fingerprint density at radius 1 is 1.77 bits per heavy atom. The van der Waals surface area contributed by atoms with Crippen LogP contribution >= 0.6 is 0 Å². The summed E-state index contributed by atoms with van der Waals surface area (Å²) in [5.74, 6) is 0. The first-order chi connectivity index (χ1) is 6.19. The number of hydrogen-bond acceptors (Lipinski definition) is 2. The van der Waals surface area contributed by atoms with Gasteiger partial charge in [-0.25, -0.2) is 4.79 Å². The number of urea groups is 1. The van der Waals surface area contributed by atoms with Crippen LogP contribution < -0.4 is 10.6 Å². The average Bonchev–Trinajstić information content (AvgIpc) is 2.46. The zero-order valence-corrected chi connectivity index (χ0v) is 8.63. The second kappa shape index (κ2) is 4.46. The number of carbonyl (C=O) groups is 1. The van der Waals surface area contributed by atoms with E-state index in [1.54, 1.807) is 0 Å². The van der Waals surface area contributed by atoms with E-state index in [2.05, 4.69) is 24.5 Å². The first-order valence-electron chi connectivity index (χ1n) is 4.90. The highest BCUT2D eigenvalue weighted by Crippen LogP contribution is 2.10. The molecule has 4 heteroatoms. The van der Waals surface area contributed by atoms with Crippen LogP contribution in [0.2, 0.25) is 0 Å². The molecule has 1 aliphatic heterocycles. The highest BCUT2D eigenvalue weighted by Gasteiger charge is 2.30. The van der Waals surface area contributed by atoms with Crippen molar-refractivity contribution < 1.29 is 4.79 Å². The number of carbonyl (C=O) groups excluding carboxylic acids is 1. The maximum absolute atomic E-state index is 11.4. The van der Waals surface area contributed by atoms with Crippen molar-refractivity contribution in [2.45, 2.75) is 32.4 Å². The quantitative estimate of drug-likeness (QED) is 0.666. The van der Waals surface area contributed by atoms with Crippen LogP contribution in [0.3, 0.4) is 0 Å². The predicted molar refractivity (Wildman–Crippen MR) is 52.7 cm³/mol. The molecule has 2 N–H and O–H groups in total. The summed E-state index contributed by atoms with van der Waals surface area (Å²) in [6, 6.07) is 0.697. The van der Waals surface area contributed by atoms with Crippen molar-refractivity contribution in [3.05, 3.63) is 0 Å². The Hall–Kier alpha value is -0.770. The Morgan fingerprint density at radius 2 is 2.46 bits per heavy atom. The zero-order chi connectivity index (χ0) is 9.84. The van der Waals surface area contributed by atoms with Gasteiger partial charge in [-0.2, -0.15) is 0 Å². The Morgan fingerprint density at radius 3 is 3.00 bits per heavy atom. The van der Waals surface area contributed by atoms with Gasteiger partial charge in [0.05, 0.1) is 6.04 Å². The van der Waals surface area contributed by atoms with Crippen molar-refractivity contribution in [2.24, 2.45) is 0 Å². The smallest absolute Gasteiger partial charge is 0.318 e. The summed E-state index contributed by atoms with van der Waals surface area (Å²) in [4.78, 5) is 13.4. The number of amides is 2. The van der Waals surface area contributed by atoms with Crippen LogP contribution in [0.25, 0.3) is 0 Å². The summed E-state index contributed by atoms with van der Waals surface area (Å²) in [6.45, 7) is 5.86. The van der Waals surface area contributed by atoms with Crippen LogP contribution in [-0.2, 0) is 0 Å². The van der Waals surface area contributed by atoms with Crippen molar-refractivity contribution in [1.82, 2.24) is 15.5 Å². The molecular formula is C9H19N3O. The van der Waals surface area contributed by atoms with Gasteiger partial charge in [0.1, 0.15) is 0 Å². The van der Waals surface area contributed by atoms with E-state index in [0.717, 1.165) is 19.5 Å². The normalized spacial score (nSPS) is 24.7. The lowest BCUT2D eigenvalue weighted by molar-refractivity contribution is 0.200.